The van der Waals surface area contributed by atoms with Crippen molar-refractivity contribution in [3.63, 3.8) is 0 Å². The molecule has 1 fully saturated rings. The second-order valence-corrected chi connectivity index (χ2v) is 6.54. The van der Waals surface area contributed by atoms with Crippen LogP contribution < -0.4 is 9.47 Å². The van der Waals surface area contributed by atoms with E-state index in [1.165, 1.54) is 0 Å². The molecule has 0 saturated carbocycles. The van der Waals surface area contributed by atoms with E-state index < -0.39 is 0 Å². The number of nitrogens with zero attached hydrogens (tertiary/aromatic N) is 2. The molecule has 2 aromatic rings. The molecule has 0 N–H and O–H groups in total. The van der Waals surface area contributed by atoms with E-state index in [1.54, 1.807) is 6.20 Å². The second-order valence-electron chi connectivity index (χ2n) is 6.54. The number of carbonyl (C=O) groups excluding carboxylic acids is 1. The molecule has 0 bridgehead atoms. The number of rotatable bonds is 4. The molecule has 1 unspecified atom stereocenters. The van der Waals surface area contributed by atoms with E-state index in [1.807, 2.05) is 41.3 Å². The van der Waals surface area contributed by atoms with Gasteiger partial charge in [-0.25, -0.2) is 0 Å². The first-order valence-electron chi connectivity index (χ1n) is 8.90. The molecule has 1 saturated heterocycles. The van der Waals surface area contributed by atoms with Gasteiger partial charge in [0.15, 0.2) is 11.5 Å². The van der Waals surface area contributed by atoms with Gasteiger partial charge in [-0.2, -0.15) is 0 Å². The van der Waals surface area contributed by atoms with Crippen molar-refractivity contribution in [3.8, 4) is 11.5 Å². The van der Waals surface area contributed by atoms with Crippen LogP contribution in [0.15, 0.2) is 42.6 Å². The maximum Gasteiger partial charge on any atom is 0.231 e. The Kier molecular flexibility index (Phi) is 4.55. The van der Waals surface area contributed by atoms with Crippen molar-refractivity contribution in [2.24, 2.45) is 0 Å². The Morgan fingerprint density at radius 3 is 2.96 bits per heavy atom. The number of benzene rings is 1. The maximum absolute atomic E-state index is 12.8. The Balaban J connectivity index is 1.42. The molecule has 25 heavy (non-hydrogen) atoms. The zero-order valence-corrected chi connectivity index (χ0v) is 14.2. The van der Waals surface area contributed by atoms with Crippen molar-refractivity contribution in [1.82, 2.24) is 9.88 Å². The molecule has 1 aromatic heterocycles. The number of ether oxygens (including phenoxy) is 2. The third-order valence-electron chi connectivity index (χ3n) is 4.92. The van der Waals surface area contributed by atoms with Gasteiger partial charge in [0.25, 0.3) is 0 Å². The Morgan fingerprint density at radius 2 is 2.08 bits per heavy atom. The van der Waals surface area contributed by atoms with Crippen LogP contribution in [0.5, 0.6) is 11.5 Å². The van der Waals surface area contributed by atoms with E-state index >= 15 is 0 Å². The number of amides is 1. The lowest BCUT2D eigenvalue weighted by molar-refractivity contribution is -0.135. The average Bonchev–Trinajstić information content (AvgIpc) is 3.14. The molecule has 2 aliphatic rings. The topological polar surface area (TPSA) is 51.7 Å². The fourth-order valence-electron chi connectivity index (χ4n) is 3.60. The number of hydrogen-bond acceptors (Lipinski definition) is 4. The second kappa shape index (κ2) is 7.13. The van der Waals surface area contributed by atoms with Gasteiger partial charge in [0.1, 0.15) is 0 Å². The molecule has 5 heteroatoms. The third kappa shape index (κ3) is 3.45. The minimum atomic E-state index is 0.110. The summed E-state index contributed by atoms with van der Waals surface area (Å²) in [5.74, 6) is 1.75. The lowest BCUT2D eigenvalue weighted by Crippen LogP contribution is -2.38. The van der Waals surface area contributed by atoms with Crippen LogP contribution in [0.25, 0.3) is 0 Å². The minimum Gasteiger partial charge on any atom is -0.454 e. The standard InChI is InChI=1S/C20H22N2O3/c23-20(10-8-15-7-9-18-19(13-15)25-14-24-18)22-12-4-2-6-17(22)16-5-1-3-11-21-16/h1,3,5,7,9,11,13,17H,2,4,6,8,10,12,14H2. The first-order valence-corrected chi connectivity index (χ1v) is 8.90. The van der Waals surface area contributed by atoms with Crippen molar-refractivity contribution in [2.45, 2.75) is 38.1 Å². The molecule has 2 aliphatic heterocycles. The Bertz CT molecular complexity index is 748. The van der Waals surface area contributed by atoms with Crippen molar-refractivity contribution in [2.75, 3.05) is 13.3 Å². The Morgan fingerprint density at radius 1 is 1.16 bits per heavy atom. The fraction of sp³-hybridized carbons (Fsp3) is 0.400. The molecule has 0 spiro atoms. The molecular weight excluding hydrogens is 316 g/mol. The molecule has 1 aromatic carbocycles. The fourth-order valence-corrected chi connectivity index (χ4v) is 3.60. The van der Waals surface area contributed by atoms with Crippen LogP contribution in [0.2, 0.25) is 0 Å². The summed E-state index contributed by atoms with van der Waals surface area (Å²) >= 11 is 0. The summed E-state index contributed by atoms with van der Waals surface area (Å²) in [5, 5.41) is 0. The highest BCUT2D eigenvalue weighted by molar-refractivity contribution is 5.77. The van der Waals surface area contributed by atoms with E-state index in [-0.39, 0.29) is 18.7 Å². The third-order valence-corrected chi connectivity index (χ3v) is 4.92. The minimum absolute atomic E-state index is 0.110. The predicted octanol–water partition coefficient (Wildman–Crippen LogP) is 3.50. The van der Waals surface area contributed by atoms with Gasteiger partial charge < -0.3 is 14.4 Å². The lowest BCUT2D eigenvalue weighted by Gasteiger charge is -2.35. The van der Waals surface area contributed by atoms with E-state index in [0.717, 1.165) is 48.6 Å². The highest BCUT2D eigenvalue weighted by Gasteiger charge is 2.28. The summed E-state index contributed by atoms with van der Waals surface area (Å²) < 4.78 is 10.7. The SMILES string of the molecule is O=C(CCc1ccc2c(c1)OCO2)N1CCCCC1c1ccccn1. The largest absolute Gasteiger partial charge is 0.454 e. The van der Waals surface area contributed by atoms with E-state index in [0.29, 0.717) is 12.8 Å². The van der Waals surface area contributed by atoms with E-state index in [4.69, 9.17) is 9.47 Å². The van der Waals surface area contributed by atoms with Crippen LogP contribution in [0.4, 0.5) is 0 Å². The molecule has 5 nitrogen and oxygen atoms in total. The number of carbonyl (C=O) groups is 1. The Labute approximate surface area is 147 Å². The molecule has 130 valence electrons. The first kappa shape index (κ1) is 15.9. The highest BCUT2D eigenvalue weighted by Crippen LogP contribution is 2.33. The maximum atomic E-state index is 12.8. The number of likely N-dealkylation sites (tertiary alicyclic amines) is 1. The van der Waals surface area contributed by atoms with Crippen molar-refractivity contribution < 1.29 is 14.3 Å². The first-order chi connectivity index (χ1) is 12.3. The normalized spacial score (nSPS) is 19.0. The van der Waals surface area contributed by atoms with Crippen LogP contribution in [-0.2, 0) is 11.2 Å². The zero-order valence-electron chi connectivity index (χ0n) is 14.2. The number of aryl methyl sites for hydroxylation is 1. The van der Waals surface area contributed by atoms with Crippen LogP contribution in [0.1, 0.15) is 43.0 Å². The molecule has 1 amide bonds. The number of aromatic nitrogens is 1. The molecule has 3 heterocycles. The van der Waals surface area contributed by atoms with Gasteiger partial charge in [-0.05, 0) is 55.5 Å². The monoisotopic (exact) mass is 338 g/mol. The summed E-state index contributed by atoms with van der Waals surface area (Å²) in [7, 11) is 0. The van der Waals surface area contributed by atoms with Gasteiger partial charge in [0.2, 0.25) is 12.7 Å². The van der Waals surface area contributed by atoms with Crippen molar-refractivity contribution in [1.29, 1.82) is 0 Å². The van der Waals surface area contributed by atoms with Crippen LogP contribution in [-0.4, -0.2) is 29.1 Å². The molecular formula is C20H22N2O3. The van der Waals surface area contributed by atoms with Gasteiger partial charge >= 0.3 is 0 Å². The van der Waals surface area contributed by atoms with Crippen LogP contribution in [0, 0.1) is 0 Å². The molecule has 4 rings (SSSR count). The van der Waals surface area contributed by atoms with Crippen LogP contribution in [0.3, 0.4) is 0 Å². The summed E-state index contributed by atoms with van der Waals surface area (Å²) in [6, 6.07) is 11.9. The predicted molar refractivity (Wildman–Crippen MR) is 93.4 cm³/mol. The number of hydrogen-bond donors (Lipinski definition) is 0. The van der Waals surface area contributed by atoms with Crippen molar-refractivity contribution in [3.05, 3.63) is 53.9 Å². The zero-order chi connectivity index (χ0) is 17.1. The number of piperidine rings is 1. The average molecular weight is 338 g/mol. The summed E-state index contributed by atoms with van der Waals surface area (Å²) in [4.78, 5) is 19.3. The Hall–Kier alpha value is -2.56. The quantitative estimate of drug-likeness (QED) is 0.856. The van der Waals surface area contributed by atoms with Gasteiger partial charge in [0.05, 0.1) is 11.7 Å². The van der Waals surface area contributed by atoms with E-state index in [9.17, 15) is 4.79 Å². The lowest BCUT2D eigenvalue weighted by atomic mass is 9.97. The molecule has 0 aliphatic carbocycles. The van der Waals surface area contributed by atoms with Crippen LogP contribution >= 0.6 is 0 Å². The summed E-state index contributed by atoms with van der Waals surface area (Å²) in [6.45, 7) is 1.10. The number of pyridine rings is 1. The van der Waals surface area contributed by atoms with Crippen molar-refractivity contribution >= 4 is 5.91 Å². The van der Waals surface area contributed by atoms with Gasteiger partial charge in [-0.1, -0.05) is 12.1 Å². The molecule has 0 radical (unpaired) electrons. The van der Waals surface area contributed by atoms with E-state index in [2.05, 4.69) is 4.98 Å². The number of fused-ring (bicyclic) bond motifs is 1. The smallest absolute Gasteiger partial charge is 0.231 e. The highest BCUT2D eigenvalue weighted by atomic mass is 16.7. The van der Waals surface area contributed by atoms with Gasteiger partial charge in [-0.15, -0.1) is 0 Å². The summed E-state index contributed by atoms with van der Waals surface area (Å²) in [6.07, 6.45) is 6.22. The van der Waals surface area contributed by atoms with Gasteiger partial charge in [0, 0.05) is 19.2 Å². The summed E-state index contributed by atoms with van der Waals surface area (Å²) in [5.41, 5.74) is 2.10. The molecule has 1 atom stereocenters. The van der Waals surface area contributed by atoms with Gasteiger partial charge in [-0.3, -0.25) is 9.78 Å².